The number of amides is 2. The number of hydrogen-bond donors (Lipinski definition) is 2. The third kappa shape index (κ3) is 5.55. The third-order valence-electron chi connectivity index (χ3n) is 5.04. The molecule has 34 heavy (non-hydrogen) atoms. The first-order chi connectivity index (χ1) is 16.4. The van der Waals surface area contributed by atoms with E-state index in [0.29, 0.717) is 5.75 Å². The van der Waals surface area contributed by atoms with E-state index in [1.54, 1.807) is 13.0 Å². The molecule has 1 unspecified atom stereocenters. The summed E-state index contributed by atoms with van der Waals surface area (Å²) in [6, 6.07) is 16.4. The van der Waals surface area contributed by atoms with E-state index in [-0.39, 0.29) is 30.1 Å². The number of oxazole rings is 1. The second-order valence-corrected chi connectivity index (χ2v) is 7.55. The molecule has 0 aliphatic heterocycles. The average Bonchev–Trinajstić information content (AvgIpc) is 3.29. The van der Waals surface area contributed by atoms with Gasteiger partial charge in [0.25, 0.3) is 5.91 Å². The maximum Gasteiger partial charge on any atom is 0.279 e. The zero-order valence-corrected chi connectivity index (χ0v) is 18.2. The predicted octanol–water partition coefficient (Wildman–Crippen LogP) is 4.32. The third-order valence-corrected chi connectivity index (χ3v) is 5.04. The second kappa shape index (κ2) is 10.1. The van der Waals surface area contributed by atoms with Crippen LogP contribution in [0.1, 0.15) is 19.2 Å². The lowest BCUT2D eigenvalue weighted by Gasteiger charge is -2.15. The fraction of sp³-hybridized carbons (Fsp3) is 0.160. The summed E-state index contributed by atoms with van der Waals surface area (Å²) in [7, 11) is 0. The van der Waals surface area contributed by atoms with Gasteiger partial charge in [0.1, 0.15) is 17.4 Å². The number of hydrogen-bond acceptors (Lipinski definition) is 5. The van der Waals surface area contributed by atoms with Crippen LogP contribution in [0, 0.1) is 11.6 Å². The van der Waals surface area contributed by atoms with Gasteiger partial charge in [-0.05, 0) is 42.0 Å². The first kappa shape index (κ1) is 22.9. The lowest BCUT2D eigenvalue weighted by molar-refractivity contribution is -0.132. The first-order valence-electron chi connectivity index (χ1n) is 10.5. The average molecular weight is 465 g/mol. The van der Waals surface area contributed by atoms with Crippen LogP contribution in [-0.4, -0.2) is 22.9 Å². The number of ether oxygens (including phenoxy) is 1. The zero-order valence-electron chi connectivity index (χ0n) is 18.2. The van der Waals surface area contributed by atoms with Gasteiger partial charge in [-0.25, -0.2) is 13.8 Å². The Bertz CT molecular complexity index is 1340. The largest absolute Gasteiger partial charge is 0.481 e. The number of fused-ring (bicyclic) bond motifs is 1. The standard InChI is InChI=1S/C25H21F2N3O4/c1-15(33-19-8-6-16-4-2-3-5-17(16)12-19)25(32)30-29-23(31)10-11-24-28-14-22(34-24)20-9-7-18(26)13-21(20)27/h2-9,12-15H,10-11H2,1H3,(H,29,31)(H,30,32). The molecule has 0 radical (unpaired) electrons. The Kier molecular flexibility index (Phi) is 6.82. The summed E-state index contributed by atoms with van der Waals surface area (Å²) in [6.07, 6.45) is 0.540. The Morgan fingerprint density at radius 2 is 1.82 bits per heavy atom. The van der Waals surface area contributed by atoms with Crippen molar-refractivity contribution in [3.8, 4) is 17.1 Å². The quantitative estimate of drug-likeness (QED) is 0.397. The summed E-state index contributed by atoms with van der Waals surface area (Å²) in [4.78, 5) is 28.3. The molecule has 1 heterocycles. The van der Waals surface area contributed by atoms with Crippen LogP contribution in [0.15, 0.2) is 71.3 Å². The molecule has 0 aliphatic carbocycles. The molecule has 0 aliphatic rings. The molecule has 2 amide bonds. The number of nitrogens with zero attached hydrogens (tertiary/aromatic N) is 1. The van der Waals surface area contributed by atoms with Gasteiger partial charge in [0.2, 0.25) is 5.91 Å². The van der Waals surface area contributed by atoms with Crippen LogP contribution in [-0.2, 0) is 16.0 Å². The molecular weight excluding hydrogens is 444 g/mol. The zero-order chi connectivity index (χ0) is 24.1. The van der Waals surface area contributed by atoms with Crippen molar-refractivity contribution >= 4 is 22.6 Å². The van der Waals surface area contributed by atoms with Gasteiger partial charge >= 0.3 is 0 Å². The number of aromatic nitrogens is 1. The number of aryl methyl sites for hydroxylation is 1. The first-order valence-corrected chi connectivity index (χ1v) is 10.5. The summed E-state index contributed by atoms with van der Waals surface area (Å²) in [6.45, 7) is 1.57. The number of carbonyl (C=O) groups is 2. The smallest absolute Gasteiger partial charge is 0.279 e. The van der Waals surface area contributed by atoms with E-state index in [1.807, 2.05) is 36.4 Å². The van der Waals surface area contributed by atoms with E-state index in [9.17, 15) is 18.4 Å². The molecule has 2 N–H and O–H groups in total. The Hall–Kier alpha value is -4.27. The van der Waals surface area contributed by atoms with Crippen LogP contribution in [0.4, 0.5) is 8.78 Å². The van der Waals surface area contributed by atoms with Gasteiger partial charge in [0.15, 0.2) is 17.8 Å². The van der Waals surface area contributed by atoms with Crippen molar-refractivity contribution in [1.29, 1.82) is 0 Å². The number of nitrogens with one attached hydrogen (secondary N) is 2. The molecule has 7 nitrogen and oxygen atoms in total. The maximum atomic E-state index is 13.9. The van der Waals surface area contributed by atoms with Gasteiger partial charge in [-0.1, -0.05) is 30.3 Å². The SMILES string of the molecule is CC(Oc1ccc2ccccc2c1)C(=O)NNC(=O)CCc1ncc(-c2ccc(F)cc2F)o1. The number of hydrazine groups is 1. The second-order valence-electron chi connectivity index (χ2n) is 7.55. The van der Waals surface area contributed by atoms with Crippen molar-refractivity contribution in [3.63, 3.8) is 0 Å². The van der Waals surface area contributed by atoms with Crippen LogP contribution >= 0.6 is 0 Å². The van der Waals surface area contributed by atoms with E-state index >= 15 is 0 Å². The molecule has 9 heteroatoms. The number of benzene rings is 3. The molecule has 3 aromatic carbocycles. The summed E-state index contributed by atoms with van der Waals surface area (Å²) < 4.78 is 38.0. The van der Waals surface area contributed by atoms with Gasteiger partial charge in [0.05, 0.1) is 11.8 Å². The van der Waals surface area contributed by atoms with Crippen molar-refractivity contribution in [2.45, 2.75) is 25.9 Å². The van der Waals surface area contributed by atoms with Gasteiger partial charge in [0, 0.05) is 18.9 Å². The van der Waals surface area contributed by atoms with Gasteiger partial charge in [-0.2, -0.15) is 0 Å². The summed E-state index contributed by atoms with van der Waals surface area (Å²) in [5.74, 6) is -1.61. The lowest BCUT2D eigenvalue weighted by Crippen LogP contribution is -2.47. The fourth-order valence-corrected chi connectivity index (χ4v) is 3.25. The minimum Gasteiger partial charge on any atom is -0.481 e. The Balaban J connectivity index is 1.24. The number of rotatable bonds is 7. The Morgan fingerprint density at radius 1 is 1.03 bits per heavy atom. The normalized spacial score (nSPS) is 11.7. The van der Waals surface area contributed by atoms with Crippen molar-refractivity contribution < 1.29 is 27.5 Å². The van der Waals surface area contributed by atoms with E-state index < -0.39 is 29.6 Å². The highest BCUT2D eigenvalue weighted by Gasteiger charge is 2.17. The van der Waals surface area contributed by atoms with Crippen LogP contribution < -0.4 is 15.6 Å². The van der Waals surface area contributed by atoms with Gasteiger partial charge in [-0.15, -0.1) is 0 Å². The van der Waals surface area contributed by atoms with E-state index in [1.165, 1.54) is 12.3 Å². The highest BCUT2D eigenvalue weighted by atomic mass is 19.1. The van der Waals surface area contributed by atoms with Gasteiger partial charge in [-0.3, -0.25) is 20.4 Å². The molecule has 0 fully saturated rings. The van der Waals surface area contributed by atoms with Crippen LogP contribution in [0.25, 0.3) is 22.1 Å². The Labute approximate surface area is 193 Å². The molecule has 0 saturated carbocycles. The molecule has 1 atom stereocenters. The molecule has 4 rings (SSSR count). The molecule has 4 aromatic rings. The van der Waals surface area contributed by atoms with Crippen LogP contribution in [0.5, 0.6) is 5.75 Å². The Morgan fingerprint density at radius 3 is 2.62 bits per heavy atom. The van der Waals surface area contributed by atoms with E-state index in [4.69, 9.17) is 9.15 Å². The minimum absolute atomic E-state index is 0.0357. The molecule has 0 saturated heterocycles. The lowest BCUT2D eigenvalue weighted by atomic mass is 10.1. The summed E-state index contributed by atoms with van der Waals surface area (Å²) >= 11 is 0. The minimum atomic E-state index is -0.846. The molecular formula is C25H21F2N3O4. The molecule has 1 aromatic heterocycles. The van der Waals surface area contributed by atoms with Crippen molar-refractivity contribution in [1.82, 2.24) is 15.8 Å². The van der Waals surface area contributed by atoms with E-state index in [2.05, 4.69) is 15.8 Å². The van der Waals surface area contributed by atoms with Crippen LogP contribution in [0.2, 0.25) is 0 Å². The van der Waals surface area contributed by atoms with Crippen molar-refractivity contribution in [3.05, 3.63) is 84.4 Å². The predicted molar refractivity (Wildman–Crippen MR) is 120 cm³/mol. The highest BCUT2D eigenvalue weighted by molar-refractivity contribution is 5.85. The summed E-state index contributed by atoms with van der Waals surface area (Å²) in [5, 5.41) is 2.04. The number of halogens is 2. The van der Waals surface area contributed by atoms with Gasteiger partial charge < -0.3 is 9.15 Å². The van der Waals surface area contributed by atoms with Crippen LogP contribution in [0.3, 0.4) is 0 Å². The van der Waals surface area contributed by atoms with E-state index in [0.717, 1.165) is 22.9 Å². The molecule has 0 spiro atoms. The maximum absolute atomic E-state index is 13.9. The van der Waals surface area contributed by atoms with Crippen molar-refractivity contribution in [2.24, 2.45) is 0 Å². The topological polar surface area (TPSA) is 93.5 Å². The fourth-order valence-electron chi connectivity index (χ4n) is 3.25. The molecule has 0 bridgehead atoms. The molecule has 174 valence electrons. The monoisotopic (exact) mass is 465 g/mol. The van der Waals surface area contributed by atoms with Crippen molar-refractivity contribution in [2.75, 3.05) is 0 Å². The highest BCUT2D eigenvalue weighted by Crippen LogP contribution is 2.24. The number of carbonyl (C=O) groups excluding carboxylic acids is 2. The summed E-state index contributed by atoms with van der Waals surface area (Å²) in [5.41, 5.74) is 4.70.